The molecule has 0 unspecified atom stereocenters. The summed E-state index contributed by atoms with van der Waals surface area (Å²) >= 11 is 0. The average molecular weight is 208 g/mol. The highest BCUT2D eigenvalue weighted by Gasteiger charge is 2.08. The van der Waals surface area contributed by atoms with Gasteiger partial charge in [-0.1, -0.05) is 38.7 Å². The Kier molecular flexibility index (Phi) is 5.68. The van der Waals surface area contributed by atoms with E-state index in [0.717, 1.165) is 5.57 Å². The topological polar surface area (TPSA) is 26.3 Å². The molecule has 0 saturated heterocycles. The molecular formula is C13H20O2. The maximum Gasteiger partial charge on any atom is 0.310 e. The highest BCUT2D eigenvalue weighted by molar-refractivity contribution is 5.73. The van der Waals surface area contributed by atoms with E-state index in [9.17, 15) is 4.79 Å². The van der Waals surface area contributed by atoms with Crippen LogP contribution in [0, 0.1) is 5.41 Å². The molecule has 0 rings (SSSR count). The smallest absolute Gasteiger partial charge is 0.310 e. The molecule has 0 heterocycles. The molecule has 0 aromatic rings. The second-order valence-corrected chi connectivity index (χ2v) is 4.00. The van der Waals surface area contributed by atoms with Crippen molar-refractivity contribution in [1.82, 2.24) is 0 Å². The van der Waals surface area contributed by atoms with Crippen LogP contribution in [-0.4, -0.2) is 12.6 Å². The second-order valence-electron chi connectivity index (χ2n) is 4.00. The summed E-state index contributed by atoms with van der Waals surface area (Å²) in [6, 6.07) is 0. The minimum absolute atomic E-state index is 0.0718. The zero-order valence-electron chi connectivity index (χ0n) is 9.88. The average Bonchev–Trinajstić information content (AvgIpc) is 2.15. The molecule has 15 heavy (non-hydrogen) atoms. The molecule has 0 aromatic carbocycles. The molecule has 0 spiro atoms. The number of ether oxygens (including phenoxy) is 1. The molecule has 2 heteroatoms. The van der Waals surface area contributed by atoms with E-state index in [0.29, 0.717) is 6.61 Å². The van der Waals surface area contributed by atoms with Crippen LogP contribution in [0.5, 0.6) is 0 Å². The van der Waals surface area contributed by atoms with Gasteiger partial charge in [0, 0.05) is 5.41 Å². The second kappa shape index (κ2) is 6.23. The quantitative estimate of drug-likeness (QED) is 0.380. The van der Waals surface area contributed by atoms with Gasteiger partial charge < -0.3 is 4.74 Å². The lowest BCUT2D eigenvalue weighted by Crippen LogP contribution is -2.05. The van der Waals surface area contributed by atoms with Crippen molar-refractivity contribution in [1.29, 1.82) is 0 Å². The van der Waals surface area contributed by atoms with Gasteiger partial charge in [-0.15, -0.1) is 6.58 Å². The van der Waals surface area contributed by atoms with E-state index in [1.54, 1.807) is 6.92 Å². The fourth-order valence-corrected chi connectivity index (χ4v) is 0.857. The molecule has 0 amide bonds. The van der Waals surface area contributed by atoms with E-state index >= 15 is 0 Å². The number of carbonyl (C=O) groups excluding carboxylic acids is 1. The van der Waals surface area contributed by atoms with Crippen molar-refractivity contribution >= 4 is 5.97 Å². The van der Waals surface area contributed by atoms with Crippen LogP contribution in [0.4, 0.5) is 0 Å². The first-order chi connectivity index (χ1) is 6.91. The van der Waals surface area contributed by atoms with E-state index in [4.69, 9.17) is 4.74 Å². The molecule has 0 fully saturated rings. The van der Waals surface area contributed by atoms with Gasteiger partial charge in [0.25, 0.3) is 0 Å². The third-order valence-electron chi connectivity index (χ3n) is 1.95. The standard InChI is InChI=1S/C13H20O2/c1-6-13(4,5)9-8-11(3)10-12(14)15-7-2/h6,8-9H,1,3,7,10H2,2,4-5H3/b9-8+. The molecule has 0 saturated carbocycles. The normalized spacial score (nSPS) is 11.4. The predicted molar refractivity (Wildman–Crippen MR) is 63.5 cm³/mol. The Bertz CT molecular complexity index is 272. The molecule has 0 aliphatic carbocycles. The van der Waals surface area contributed by atoms with Gasteiger partial charge in [0.1, 0.15) is 0 Å². The number of esters is 1. The largest absolute Gasteiger partial charge is 0.466 e. The van der Waals surface area contributed by atoms with Gasteiger partial charge in [-0.2, -0.15) is 0 Å². The van der Waals surface area contributed by atoms with Gasteiger partial charge in [0.15, 0.2) is 0 Å². The Morgan fingerprint density at radius 1 is 1.47 bits per heavy atom. The number of hydrogen-bond donors (Lipinski definition) is 0. The lowest BCUT2D eigenvalue weighted by molar-refractivity contribution is -0.142. The van der Waals surface area contributed by atoms with Crippen molar-refractivity contribution in [3.8, 4) is 0 Å². The van der Waals surface area contributed by atoms with Crippen LogP contribution in [0.2, 0.25) is 0 Å². The van der Waals surface area contributed by atoms with Crippen LogP contribution in [0.25, 0.3) is 0 Å². The van der Waals surface area contributed by atoms with Crippen molar-refractivity contribution in [2.24, 2.45) is 5.41 Å². The SMILES string of the molecule is C=CC(C)(C)/C=C/C(=C)CC(=O)OCC. The van der Waals surface area contributed by atoms with Crippen LogP contribution in [0.3, 0.4) is 0 Å². The van der Waals surface area contributed by atoms with Crippen molar-refractivity contribution in [3.05, 3.63) is 37.0 Å². The lowest BCUT2D eigenvalue weighted by Gasteiger charge is -2.13. The Morgan fingerprint density at radius 2 is 2.07 bits per heavy atom. The van der Waals surface area contributed by atoms with Gasteiger partial charge in [0.2, 0.25) is 0 Å². The summed E-state index contributed by atoms with van der Waals surface area (Å²) in [7, 11) is 0. The van der Waals surface area contributed by atoms with Crippen LogP contribution in [-0.2, 0) is 9.53 Å². The summed E-state index contributed by atoms with van der Waals surface area (Å²) in [5, 5.41) is 0. The third kappa shape index (κ3) is 6.72. The Labute approximate surface area is 92.3 Å². The van der Waals surface area contributed by atoms with Crippen molar-refractivity contribution in [3.63, 3.8) is 0 Å². The Morgan fingerprint density at radius 3 is 2.53 bits per heavy atom. The highest BCUT2D eigenvalue weighted by atomic mass is 16.5. The summed E-state index contributed by atoms with van der Waals surface area (Å²) in [5.41, 5.74) is 0.681. The maximum atomic E-state index is 11.1. The molecule has 0 aliphatic rings. The van der Waals surface area contributed by atoms with Gasteiger partial charge in [-0.25, -0.2) is 0 Å². The summed E-state index contributed by atoms with van der Waals surface area (Å²) in [6.45, 7) is 13.8. The molecule has 0 N–H and O–H groups in total. The van der Waals surface area contributed by atoms with Gasteiger partial charge >= 0.3 is 5.97 Å². The highest BCUT2D eigenvalue weighted by Crippen LogP contribution is 2.19. The van der Waals surface area contributed by atoms with E-state index in [2.05, 4.69) is 13.2 Å². The molecule has 0 aliphatic heterocycles. The first kappa shape index (κ1) is 13.7. The molecule has 0 bridgehead atoms. The van der Waals surface area contributed by atoms with Gasteiger partial charge in [-0.3, -0.25) is 4.79 Å². The number of carbonyl (C=O) groups is 1. The number of allylic oxidation sites excluding steroid dienone is 3. The maximum absolute atomic E-state index is 11.1. The monoisotopic (exact) mass is 208 g/mol. The summed E-state index contributed by atoms with van der Waals surface area (Å²) in [4.78, 5) is 11.1. The van der Waals surface area contributed by atoms with Gasteiger partial charge in [0.05, 0.1) is 13.0 Å². The first-order valence-electron chi connectivity index (χ1n) is 5.07. The summed E-state index contributed by atoms with van der Waals surface area (Å²) in [6.07, 6.45) is 5.92. The fourth-order valence-electron chi connectivity index (χ4n) is 0.857. The summed E-state index contributed by atoms with van der Waals surface area (Å²) < 4.78 is 4.82. The molecular weight excluding hydrogens is 188 g/mol. The molecule has 84 valence electrons. The van der Waals surface area contributed by atoms with E-state index in [-0.39, 0.29) is 17.8 Å². The zero-order valence-corrected chi connectivity index (χ0v) is 9.88. The molecule has 0 radical (unpaired) electrons. The van der Waals surface area contributed by atoms with Crippen molar-refractivity contribution < 1.29 is 9.53 Å². The minimum atomic E-state index is -0.233. The van der Waals surface area contributed by atoms with Crippen molar-refractivity contribution in [2.75, 3.05) is 6.61 Å². The van der Waals surface area contributed by atoms with Crippen LogP contribution in [0.15, 0.2) is 37.0 Å². The zero-order chi connectivity index (χ0) is 11.9. The predicted octanol–water partition coefficient (Wildman–Crippen LogP) is 3.26. The Balaban J connectivity index is 4.15. The third-order valence-corrected chi connectivity index (χ3v) is 1.95. The fraction of sp³-hybridized carbons (Fsp3) is 0.462. The minimum Gasteiger partial charge on any atom is -0.466 e. The van der Waals surface area contributed by atoms with Crippen molar-refractivity contribution in [2.45, 2.75) is 27.2 Å². The van der Waals surface area contributed by atoms with E-state index in [1.165, 1.54) is 0 Å². The number of rotatable bonds is 6. The molecule has 2 nitrogen and oxygen atoms in total. The van der Waals surface area contributed by atoms with Crippen LogP contribution in [0.1, 0.15) is 27.2 Å². The Hall–Kier alpha value is -1.31. The first-order valence-corrected chi connectivity index (χ1v) is 5.07. The molecule has 0 aromatic heterocycles. The molecule has 0 atom stereocenters. The van der Waals surface area contributed by atoms with Gasteiger partial charge in [-0.05, 0) is 12.5 Å². The van der Waals surface area contributed by atoms with E-state index in [1.807, 2.05) is 32.1 Å². The summed E-state index contributed by atoms with van der Waals surface area (Å²) in [5.74, 6) is -0.233. The van der Waals surface area contributed by atoms with Crippen LogP contribution >= 0.6 is 0 Å². The van der Waals surface area contributed by atoms with E-state index < -0.39 is 0 Å². The lowest BCUT2D eigenvalue weighted by atomic mass is 9.92. The van der Waals surface area contributed by atoms with Crippen LogP contribution < -0.4 is 0 Å². The number of hydrogen-bond acceptors (Lipinski definition) is 2.